The molecule has 4 N–H and O–H groups in total. The first-order valence-electron chi connectivity index (χ1n) is 5.00. The predicted molar refractivity (Wildman–Crippen MR) is 62.8 cm³/mol. The van der Waals surface area contributed by atoms with Crippen molar-refractivity contribution in [2.75, 3.05) is 5.73 Å². The Morgan fingerprint density at radius 3 is 2.62 bits per heavy atom. The monoisotopic (exact) mass is 218 g/mol. The summed E-state index contributed by atoms with van der Waals surface area (Å²) in [5.74, 6) is -0.108. The number of nitrogens with zero attached hydrogens (tertiary/aromatic N) is 2. The molecule has 0 aliphatic carbocycles. The van der Waals surface area contributed by atoms with E-state index in [1.807, 2.05) is 26.0 Å². The molecule has 0 radical (unpaired) electrons. The Labute approximate surface area is 93.1 Å². The van der Waals surface area contributed by atoms with Crippen molar-refractivity contribution in [1.29, 1.82) is 0 Å². The van der Waals surface area contributed by atoms with Gasteiger partial charge in [-0.05, 0) is 37.1 Å². The topological polar surface area (TPSA) is 86.9 Å². The summed E-state index contributed by atoms with van der Waals surface area (Å²) in [6.45, 7) is 4.08. The lowest BCUT2D eigenvalue weighted by molar-refractivity contribution is -0.118. The van der Waals surface area contributed by atoms with Crippen LogP contribution in [0.2, 0.25) is 0 Å². The second kappa shape index (κ2) is 3.52. The van der Waals surface area contributed by atoms with Gasteiger partial charge in [0.1, 0.15) is 6.54 Å². The van der Waals surface area contributed by atoms with Crippen LogP contribution < -0.4 is 11.5 Å². The molecular formula is C11H14N4O. The largest absolute Gasteiger partial charge is 0.369 e. The van der Waals surface area contributed by atoms with E-state index in [2.05, 4.69) is 4.98 Å². The van der Waals surface area contributed by atoms with E-state index in [4.69, 9.17) is 11.5 Å². The predicted octanol–water partition coefficient (Wildman–Crippen LogP) is 0.721. The zero-order chi connectivity index (χ0) is 11.9. The van der Waals surface area contributed by atoms with Crippen LogP contribution in [0.5, 0.6) is 0 Å². The molecule has 0 atom stereocenters. The molecule has 0 saturated carbocycles. The number of primary amides is 1. The van der Waals surface area contributed by atoms with Crippen LogP contribution in [0, 0.1) is 13.8 Å². The summed E-state index contributed by atoms with van der Waals surface area (Å²) < 4.78 is 1.63. The van der Waals surface area contributed by atoms with E-state index in [-0.39, 0.29) is 6.54 Å². The molecule has 0 fully saturated rings. The number of anilines is 1. The number of aromatic nitrogens is 2. The van der Waals surface area contributed by atoms with Crippen molar-refractivity contribution in [2.45, 2.75) is 20.4 Å². The standard InChI is InChI=1S/C11H14N4O/c1-6-3-8-9(4-7(6)2)15(5-10(12)16)11(13)14-8/h3-4H,5H2,1-2H3,(H2,12,16)(H2,13,14). The molecule has 1 amide bonds. The van der Waals surface area contributed by atoms with Crippen LogP contribution >= 0.6 is 0 Å². The molecule has 1 aromatic carbocycles. The van der Waals surface area contributed by atoms with Crippen molar-refractivity contribution < 1.29 is 4.79 Å². The highest BCUT2D eigenvalue weighted by Gasteiger charge is 2.10. The molecule has 0 bridgehead atoms. The van der Waals surface area contributed by atoms with Crippen LogP contribution in [0.1, 0.15) is 11.1 Å². The third kappa shape index (κ3) is 1.60. The number of rotatable bonds is 2. The highest BCUT2D eigenvalue weighted by Crippen LogP contribution is 2.21. The number of nitrogen functional groups attached to an aromatic ring is 1. The minimum absolute atomic E-state index is 0.0604. The van der Waals surface area contributed by atoms with Crippen molar-refractivity contribution >= 4 is 22.9 Å². The second-order valence-corrected chi connectivity index (χ2v) is 3.95. The van der Waals surface area contributed by atoms with Crippen LogP contribution in [0.25, 0.3) is 11.0 Å². The Kier molecular flexibility index (Phi) is 2.30. The summed E-state index contributed by atoms with van der Waals surface area (Å²) in [7, 11) is 0. The molecule has 1 aromatic heterocycles. The summed E-state index contributed by atoms with van der Waals surface area (Å²) in [6.07, 6.45) is 0. The molecule has 0 unspecified atom stereocenters. The maximum atomic E-state index is 10.9. The maximum Gasteiger partial charge on any atom is 0.237 e. The minimum atomic E-state index is -0.427. The molecule has 5 nitrogen and oxygen atoms in total. The van der Waals surface area contributed by atoms with Crippen LogP contribution in [0.4, 0.5) is 5.95 Å². The summed E-state index contributed by atoms with van der Waals surface area (Å²) in [5.41, 5.74) is 14.8. The molecule has 0 spiro atoms. The Hall–Kier alpha value is -2.04. The van der Waals surface area contributed by atoms with E-state index >= 15 is 0 Å². The third-order valence-corrected chi connectivity index (χ3v) is 2.71. The van der Waals surface area contributed by atoms with Crippen LogP contribution in [0.15, 0.2) is 12.1 Å². The van der Waals surface area contributed by atoms with Gasteiger partial charge >= 0.3 is 0 Å². The normalized spacial score (nSPS) is 10.9. The summed E-state index contributed by atoms with van der Waals surface area (Å²) >= 11 is 0. The first-order valence-corrected chi connectivity index (χ1v) is 5.00. The Morgan fingerprint density at radius 2 is 2.00 bits per heavy atom. The number of fused-ring (bicyclic) bond motifs is 1. The van der Waals surface area contributed by atoms with Crippen molar-refractivity contribution in [1.82, 2.24) is 9.55 Å². The fourth-order valence-electron chi connectivity index (χ4n) is 1.72. The van der Waals surface area contributed by atoms with Gasteiger partial charge in [-0.25, -0.2) is 4.98 Å². The lowest BCUT2D eigenvalue weighted by Crippen LogP contribution is -2.19. The van der Waals surface area contributed by atoms with Crippen LogP contribution in [0.3, 0.4) is 0 Å². The number of imidazole rings is 1. The molecule has 0 aliphatic rings. The number of hydrogen-bond acceptors (Lipinski definition) is 3. The summed E-state index contributed by atoms with van der Waals surface area (Å²) in [5, 5.41) is 0. The van der Waals surface area contributed by atoms with Crippen molar-refractivity contribution in [3.05, 3.63) is 23.3 Å². The quantitative estimate of drug-likeness (QED) is 0.778. The number of carbonyl (C=O) groups excluding carboxylic acids is 1. The van der Waals surface area contributed by atoms with Crippen molar-refractivity contribution in [2.24, 2.45) is 5.73 Å². The summed E-state index contributed by atoms with van der Waals surface area (Å²) in [4.78, 5) is 15.1. The number of nitrogens with two attached hydrogens (primary N) is 2. The third-order valence-electron chi connectivity index (χ3n) is 2.71. The number of hydrogen-bond donors (Lipinski definition) is 2. The van der Waals surface area contributed by atoms with Gasteiger partial charge in [0.15, 0.2) is 0 Å². The van der Waals surface area contributed by atoms with E-state index in [0.717, 1.165) is 22.2 Å². The molecule has 84 valence electrons. The number of carbonyl (C=O) groups is 1. The Balaban J connectivity index is 2.68. The first kappa shape index (κ1) is 10.5. The second-order valence-electron chi connectivity index (χ2n) is 3.95. The molecule has 16 heavy (non-hydrogen) atoms. The average molecular weight is 218 g/mol. The van der Waals surface area contributed by atoms with Gasteiger partial charge in [-0.1, -0.05) is 0 Å². The Morgan fingerprint density at radius 1 is 1.38 bits per heavy atom. The fraction of sp³-hybridized carbons (Fsp3) is 0.273. The lowest BCUT2D eigenvalue weighted by Gasteiger charge is -2.04. The molecule has 0 aliphatic heterocycles. The number of benzene rings is 1. The van der Waals surface area contributed by atoms with Gasteiger partial charge in [-0.2, -0.15) is 0 Å². The highest BCUT2D eigenvalue weighted by atomic mass is 16.1. The molecular weight excluding hydrogens is 204 g/mol. The van der Waals surface area contributed by atoms with Gasteiger partial charge in [-0.3, -0.25) is 4.79 Å². The van der Waals surface area contributed by atoms with Gasteiger partial charge in [0, 0.05) is 0 Å². The lowest BCUT2D eigenvalue weighted by atomic mass is 10.1. The van der Waals surface area contributed by atoms with E-state index < -0.39 is 5.91 Å². The maximum absolute atomic E-state index is 10.9. The van der Waals surface area contributed by atoms with Crippen LogP contribution in [-0.2, 0) is 11.3 Å². The van der Waals surface area contributed by atoms with E-state index in [9.17, 15) is 4.79 Å². The molecule has 1 heterocycles. The smallest absolute Gasteiger partial charge is 0.237 e. The van der Waals surface area contributed by atoms with Gasteiger partial charge in [-0.15, -0.1) is 0 Å². The number of aryl methyl sites for hydroxylation is 2. The summed E-state index contributed by atoms with van der Waals surface area (Å²) in [6, 6.07) is 3.93. The van der Waals surface area contributed by atoms with Crippen molar-refractivity contribution in [3.63, 3.8) is 0 Å². The van der Waals surface area contributed by atoms with Gasteiger partial charge in [0.2, 0.25) is 11.9 Å². The zero-order valence-corrected chi connectivity index (χ0v) is 9.32. The minimum Gasteiger partial charge on any atom is -0.369 e. The first-order chi connectivity index (χ1) is 7.49. The Bertz CT molecular complexity index is 571. The van der Waals surface area contributed by atoms with E-state index in [1.165, 1.54) is 0 Å². The van der Waals surface area contributed by atoms with Gasteiger partial charge in [0.05, 0.1) is 11.0 Å². The van der Waals surface area contributed by atoms with Gasteiger partial charge < -0.3 is 16.0 Å². The van der Waals surface area contributed by atoms with E-state index in [1.54, 1.807) is 4.57 Å². The zero-order valence-electron chi connectivity index (χ0n) is 9.32. The van der Waals surface area contributed by atoms with E-state index in [0.29, 0.717) is 5.95 Å². The average Bonchev–Trinajstić information content (AvgIpc) is 2.45. The fourth-order valence-corrected chi connectivity index (χ4v) is 1.72. The highest BCUT2D eigenvalue weighted by molar-refractivity contribution is 5.83. The van der Waals surface area contributed by atoms with Crippen molar-refractivity contribution in [3.8, 4) is 0 Å². The molecule has 2 rings (SSSR count). The van der Waals surface area contributed by atoms with Crippen LogP contribution in [-0.4, -0.2) is 15.5 Å². The molecule has 2 aromatic rings. The molecule has 5 heteroatoms. The van der Waals surface area contributed by atoms with Gasteiger partial charge in [0.25, 0.3) is 0 Å². The molecule has 0 saturated heterocycles. The SMILES string of the molecule is Cc1cc2nc(N)n(CC(N)=O)c2cc1C. The number of amides is 1.